The third-order valence-corrected chi connectivity index (χ3v) is 3.24. The molecule has 0 radical (unpaired) electrons. The fraction of sp³-hybridized carbons (Fsp3) is 0. The van der Waals surface area contributed by atoms with E-state index in [9.17, 15) is 15.2 Å². The van der Waals surface area contributed by atoms with Gasteiger partial charge in [-0.15, -0.1) is 0 Å². The second-order valence-electron chi connectivity index (χ2n) is 4.70. The average molecular weight is 307 g/mol. The molecule has 7 nitrogen and oxygen atoms in total. The van der Waals surface area contributed by atoms with Gasteiger partial charge >= 0.3 is 0 Å². The quantitative estimate of drug-likeness (QED) is 0.453. The van der Waals surface area contributed by atoms with E-state index in [0.717, 1.165) is 10.9 Å². The Morgan fingerprint density at radius 1 is 1.13 bits per heavy atom. The molecule has 0 spiro atoms. The Balaban J connectivity index is 1.87. The minimum atomic E-state index is -0.707. The minimum Gasteiger partial charge on any atom is -0.867 e. The van der Waals surface area contributed by atoms with Crippen LogP contribution in [0.1, 0.15) is 5.56 Å². The molecule has 114 valence electrons. The molecule has 3 rings (SSSR count). The summed E-state index contributed by atoms with van der Waals surface area (Å²) in [6, 6.07) is 13.4. The fourth-order valence-corrected chi connectivity index (χ4v) is 2.15. The monoisotopic (exact) mass is 307 g/mol. The summed E-state index contributed by atoms with van der Waals surface area (Å²) in [4.78, 5) is 14.3. The number of nitro groups is 1. The van der Waals surface area contributed by atoms with Crippen molar-refractivity contribution in [3.05, 3.63) is 70.4 Å². The zero-order valence-electron chi connectivity index (χ0n) is 11.8. The van der Waals surface area contributed by atoms with E-state index in [2.05, 4.69) is 15.5 Å². The van der Waals surface area contributed by atoms with Gasteiger partial charge in [-0.1, -0.05) is 30.3 Å². The molecule has 0 unspecified atom stereocenters. The molecule has 1 heterocycles. The van der Waals surface area contributed by atoms with Crippen molar-refractivity contribution in [1.82, 2.24) is 4.98 Å². The Labute approximate surface area is 131 Å². The smallest absolute Gasteiger partial charge is 0.262 e. The second-order valence-corrected chi connectivity index (χ2v) is 4.70. The topological polar surface area (TPSA) is 103 Å². The molecule has 0 bridgehead atoms. The molecule has 1 aromatic heterocycles. The molecule has 0 fully saturated rings. The number of anilines is 1. The van der Waals surface area contributed by atoms with Crippen LogP contribution in [0, 0.1) is 10.1 Å². The summed E-state index contributed by atoms with van der Waals surface area (Å²) in [5.74, 6) is -0.668. The van der Waals surface area contributed by atoms with Gasteiger partial charge in [0.05, 0.1) is 22.3 Å². The first kappa shape index (κ1) is 14.5. The number of hydrazone groups is 1. The molecule has 0 atom stereocenters. The molecule has 0 aliphatic heterocycles. The lowest BCUT2D eigenvalue weighted by Crippen LogP contribution is -2.02. The third-order valence-electron chi connectivity index (χ3n) is 3.24. The lowest BCUT2D eigenvalue weighted by Gasteiger charge is -2.10. The first-order chi connectivity index (χ1) is 11.2. The summed E-state index contributed by atoms with van der Waals surface area (Å²) in [5.41, 5.74) is 3.90. The molecule has 0 aliphatic rings. The number of hydrogen-bond acceptors (Lipinski definition) is 6. The molecule has 7 heteroatoms. The summed E-state index contributed by atoms with van der Waals surface area (Å²) in [7, 11) is 0. The van der Waals surface area contributed by atoms with E-state index in [0.29, 0.717) is 5.69 Å². The van der Waals surface area contributed by atoms with Gasteiger partial charge in [-0.2, -0.15) is 5.10 Å². The van der Waals surface area contributed by atoms with Crippen molar-refractivity contribution in [3.8, 4) is 5.75 Å². The molecular formula is C16H11N4O3-. The number of nitrogens with zero attached hydrogens (tertiary/aromatic N) is 3. The van der Waals surface area contributed by atoms with Gasteiger partial charge in [-0.3, -0.25) is 20.5 Å². The molecule has 2 aromatic carbocycles. The van der Waals surface area contributed by atoms with Crippen LogP contribution in [0.25, 0.3) is 10.9 Å². The zero-order valence-corrected chi connectivity index (χ0v) is 11.8. The van der Waals surface area contributed by atoms with Crippen molar-refractivity contribution in [3.63, 3.8) is 0 Å². The van der Waals surface area contributed by atoms with E-state index in [1.54, 1.807) is 12.3 Å². The third kappa shape index (κ3) is 2.93. The van der Waals surface area contributed by atoms with Crippen LogP contribution in [0.15, 0.2) is 59.8 Å². The van der Waals surface area contributed by atoms with Crippen LogP contribution >= 0.6 is 0 Å². The van der Waals surface area contributed by atoms with E-state index in [4.69, 9.17) is 0 Å². The van der Waals surface area contributed by atoms with E-state index >= 15 is 0 Å². The van der Waals surface area contributed by atoms with Crippen LogP contribution in [0.2, 0.25) is 0 Å². The lowest BCUT2D eigenvalue weighted by molar-refractivity contribution is -0.398. The standard InChI is InChI=1S/C16H12N4O3/c21-16-12(5-2-8-14(16)20(22)23)10-18-19-13-7-1-4-11-6-3-9-17-15(11)13/h1-10,19,21H/p-1/b18-10-. The van der Waals surface area contributed by atoms with Crippen LogP contribution in [0.5, 0.6) is 5.75 Å². The Kier molecular flexibility index (Phi) is 3.84. The second kappa shape index (κ2) is 6.10. The van der Waals surface area contributed by atoms with Gasteiger partial charge in [0.2, 0.25) is 0 Å². The number of nitro benzene ring substituents is 1. The molecule has 1 N–H and O–H groups in total. The van der Waals surface area contributed by atoms with Crippen LogP contribution in [-0.4, -0.2) is 16.1 Å². The molecule has 3 aromatic rings. The van der Waals surface area contributed by atoms with Gasteiger partial charge in [0.25, 0.3) is 5.69 Å². The van der Waals surface area contributed by atoms with Crippen molar-refractivity contribution < 1.29 is 10.0 Å². The van der Waals surface area contributed by atoms with E-state index < -0.39 is 16.4 Å². The summed E-state index contributed by atoms with van der Waals surface area (Å²) in [5, 5.41) is 27.6. The fourth-order valence-electron chi connectivity index (χ4n) is 2.15. The van der Waals surface area contributed by atoms with E-state index in [1.807, 2.05) is 24.3 Å². The summed E-state index contributed by atoms with van der Waals surface area (Å²) >= 11 is 0. The summed E-state index contributed by atoms with van der Waals surface area (Å²) in [6.07, 6.45) is 2.94. The maximum atomic E-state index is 11.9. The number of pyridine rings is 1. The highest BCUT2D eigenvalue weighted by atomic mass is 16.6. The van der Waals surface area contributed by atoms with Crippen LogP contribution < -0.4 is 10.5 Å². The maximum Gasteiger partial charge on any atom is 0.262 e. The van der Waals surface area contributed by atoms with Crippen molar-refractivity contribution in [2.45, 2.75) is 0 Å². The first-order valence-electron chi connectivity index (χ1n) is 6.74. The first-order valence-corrected chi connectivity index (χ1v) is 6.74. The predicted molar refractivity (Wildman–Crippen MR) is 85.5 cm³/mol. The zero-order chi connectivity index (χ0) is 16.2. The van der Waals surface area contributed by atoms with E-state index in [1.165, 1.54) is 24.4 Å². The molecule has 0 amide bonds. The molecule has 0 saturated carbocycles. The Hall–Kier alpha value is -3.48. The van der Waals surface area contributed by atoms with Crippen molar-refractivity contribution in [1.29, 1.82) is 0 Å². The summed E-state index contributed by atoms with van der Waals surface area (Å²) < 4.78 is 0. The number of hydrogen-bond donors (Lipinski definition) is 1. The van der Waals surface area contributed by atoms with Gasteiger partial charge in [0.15, 0.2) is 0 Å². The number of para-hydroxylation sites is 2. The number of aromatic nitrogens is 1. The van der Waals surface area contributed by atoms with Crippen molar-refractivity contribution in [2.24, 2.45) is 5.10 Å². The normalized spacial score (nSPS) is 11.0. The molecule has 0 aliphatic carbocycles. The van der Waals surface area contributed by atoms with Crippen LogP contribution in [-0.2, 0) is 0 Å². The largest absolute Gasteiger partial charge is 0.867 e. The molecule has 23 heavy (non-hydrogen) atoms. The molecule has 0 saturated heterocycles. The SMILES string of the molecule is O=[N+]([O-])c1cccc(/C=N\Nc2cccc3cccnc23)c1[O-]. The Bertz CT molecular complexity index is 903. The number of rotatable bonds is 4. The van der Waals surface area contributed by atoms with Gasteiger partial charge in [0, 0.05) is 17.6 Å². The average Bonchev–Trinajstić information content (AvgIpc) is 2.56. The summed E-state index contributed by atoms with van der Waals surface area (Å²) in [6.45, 7) is 0. The highest BCUT2D eigenvalue weighted by Crippen LogP contribution is 2.25. The van der Waals surface area contributed by atoms with Crippen molar-refractivity contribution in [2.75, 3.05) is 5.43 Å². The predicted octanol–water partition coefficient (Wildman–Crippen LogP) is 2.66. The van der Waals surface area contributed by atoms with Gasteiger partial charge in [-0.25, -0.2) is 0 Å². The van der Waals surface area contributed by atoms with Crippen LogP contribution in [0.4, 0.5) is 11.4 Å². The Morgan fingerprint density at radius 3 is 2.74 bits per heavy atom. The number of fused-ring (bicyclic) bond motifs is 1. The highest BCUT2D eigenvalue weighted by Gasteiger charge is 2.08. The minimum absolute atomic E-state index is 0.139. The molecular weight excluding hydrogens is 296 g/mol. The van der Waals surface area contributed by atoms with E-state index in [-0.39, 0.29) is 5.56 Å². The van der Waals surface area contributed by atoms with Crippen LogP contribution in [0.3, 0.4) is 0 Å². The van der Waals surface area contributed by atoms with Gasteiger partial charge < -0.3 is 5.11 Å². The van der Waals surface area contributed by atoms with Gasteiger partial charge in [0.1, 0.15) is 0 Å². The van der Waals surface area contributed by atoms with Crippen molar-refractivity contribution >= 4 is 28.5 Å². The van der Waals surface area contributed by atoms with Gasteiger partial charge in [-0.05, 0) is 23.4 Å². The highest BCUT2D eigenvalue weighted by molar-refractivity contribution is 5.91. The Morgan fingerprint density at radius 2 is 1.91 bits per heavy atom. The number of nitrogens with one attached hydrogen (secondary N) is 1. The number of benzene rings is 2. The lowest BCUT2D eigenvalue weighted by atomic mass is 10.2. The maximum absolute atomic E-state index is 11.9.